The van der Waals surface area contributed by atoms with Crippen LogP contribution in [0.1, 0.15) is 12.1 Å². The Morgan fingerprint density at radius 3 is 2.87 bits per heavy atom. The lowest BCUT2D eigenvalue weighted by Crippen LogP contribution is -2.06. The van der Waals surface area contributed by atoms with Gasteiger partial charge < -0.3 is 10.7 Å². The summed E-state index contributed by atoms with van der Waals surface area (Å²) in [5.74, 6) is 0. The van der Waals surface area contributed by atoms with Gasteiger partial charge >= 0.3 is 0 Å². The number of nitrogens with one attached hydrogen (secondary N) is 1. The zero-order chi connectivity index (χ0) is 9.52. The molecule has 0 saturated heterocycles. The predicted molar refractivity (Wildman–Crippen MR) is 87.7 cm³/mol. The summed E-state index contributed by atoms with van der Waals surface area (Å²) < 4.78 is 0. The number of nitrogens with two attached hydrogens (primary N) is 1. The summed E-state index contributed by atoms with van der Waals surface area (Å²) in [4.78, 5) is 11.1. The van der Waals surface area contributed by atoms with E-state index < -0.39 is 0 Å². The molecule has 0 fully saturated rings. The lowest BCUT2D eigenvalue weighted by molar-refractivity contribution is 0.817. The summed E-state index contributed by atoms with van der Waals surface area (Å²) in [5.41, 5.74) is 6.68. The summed E-state index contributed by atoms with van der Waals surface area (Å²) >= 11 is 1.48. The zero-order valence-electron chi connectivity index (χ0n) is 8.47. The van der Waals surface area contributed by atoms with Gasteiger partial charge in [0.2, 0.25) is 0 Å². The van der Waals surface area contributed by atoms with E-state index in [0.29, 0.717) is 5.17 Å². The third kappa shape index (κ3) is 8.31. The van der Waals surface area contributed by atoms with Crippen molar-refractivity contribution >= 4 is 64.9 Å². The maximum atomic E-state index is 5.53. The molecular weight excluding hydrogens is 438 g/mol. The van der Waals surface area contributed by atoms with Gasteiger partial charge in [0.1, 0.15) is 0 Å². The molecule has 1 aromatic heterocycles. The number of aromatic nitrogens is 2. The fourth-order valence-electron chi connectivity index (χ4n) is 0.945. The molecule has 1 heterocycles. The molecule has 0 radical (unpaired) electrons. The van der Waals surface area contributed by atoms with E-state index in [0.717, 1.165) is 25.1 Å². The zero-order valence-corrected chi connectivity index (χ0v) is 13.9. The second-order valence-corrected chi connectivity index (χ2v) is 3.43. The van der Waals surface area contributed by atoms with Crippen molar-refractivity contribution in [2.45, 2.75) is 12.8 Å². The highest BCUT2D eigenvalue weighted by Crippen LogP contribution is 1.98. The number of hydrogen-bond acceptors (Lipinski definition) is 3. The summed E-state index contributed by atoms with van der Waals surface area (Å²) in [7, 11) is 0. The standard InChI is InChI=1S/C8H14N4S.2HI/c1-13-8(9)11-4-2-3-7-5-10-6-12-7;;/h5-6H,2-4H2,1H3,(H2,9,11)(H,10,12);2*1H. The molecular formula is C8H16I2N4S. The van der Waals surface area contributed by atoms with Gasteiger partial charge in [0, 0.05) is 18.4 Å². The number of hydrogen-bond donors (Lipinski definition) is 2. The van der Waals surface area contributed by atoms with Crippen molar-refractivity contribution in [3.05, 3.63) is 18.2 Å². The Kier molecular flexibility index (Phi) is 13.1. The third-order valence-corrected chi connectivity index (χ3v) is 2.18. The van der Waals surface area contributed by atoms with Crippen LogP contribution in [0, 0.1) is 0 Å². The smallest absolute Gasteiger partial charge is 0.153 e. The molecule has 0 unspecified atom stereocenters. The first-order valence-electron chi connectivity index (χ1n) is 4.14. The van der Waals surface area contributed by atoms with Gasteiger partial charge in [0.25, 0.3) is 0 Å². The molecule has 0 aromatic carbocycles. The summed E-state index contributed by atoms with van der Waals surface area (Å²) in [6.45, 7) is 0.783. The van der Waals surface area contributed by atoms with Crippen LogP contribution >= 0.6 is 59.7 Å². The van der Waals surface area contributed by atoms with Gasteiger partial charge in [0.15, 0.2) is 5.17 Å². The minimum atomic E-state index is 0. The van der Waals surface area contributed by atoms with Crippen molar-refractivity contribution in [2.24, 2.45) is 10.7 Å². The maximum absolute atomic E-state index is 5.53. The summed E-state index contributed by atoms with van der Waals surface area (Å²) in [6.07, 6.45) is 7.43. The van der Waals surface area contributed by atoms with Crippen molar-refractivity contribution < 1.29 is 0 Å². The number of halogens is 2. The van der Waals surface area contributed by atoms with E-state index in [4.69, 9.17) is 5.73 Å². The molecule has 15 heavy (non-hydrogen) atoms. The van der Waals surface area contributed by atoms with Gasteiger partial charge in [-0.3, -0.25) is 4.99 Å². The highest BCUT2D eigenvalue weighted by Gasteiger charge is 1.93. The molecule has 0 saturated carbocycles. The van der Waals surface area contributed by atoms with Crippen LogP contribution in [-0.2, 0) is 6.42 Å². The molecule has 0 aliphatic rings. The van der Waals surface area contributed by atoms with Crippen molar-refractivity contribution in [3.63, 3.8) is 0 Å². The molecule has 0 bridgehead atoms. The molecule has 0 amide bonds. The fraction of sp³-hybridized carbons (Fsp3) is 0.500. The largest absolute Gasteiger partial charge is 0.379 e. The summed E-state index contributed by atoms with van der Waals surface area (Å²) in [6, 6.07) is 0. The van der Waals surface area contributed by atoms with Crippen molar-refractivity contribution in [1.82, 2.24) is 9.97 Å². The Morgan fingerprint density at radius 2 is 2.33 bits per heavy atom. The van der Waals surface area contributed by atoms with Gasteiger partial charge in [-0.15, -0.1) is 48.0 Å². The number of H-pyrrole nitrogens is 1. The number of thioether (sulfide) groups is 1. The Bertz CT molecular complexity index is 264. The molecule has 1 aromatic rings. The highest BCUT2D eigenvalue weighted by atomic mass is 127. The molecule has 0 spiro atoms. The Labute approximate surface area is 128 Å². The SMILES string of the molecule is CSC(N)=NCCCc1cnc[nH]1.I.I. The van der Waals surface area contributed by atoms with Crippen molar-refractivity contribution in [1.29, 1.82) is 0 Å². The Hall–Kier alpha value is 0.490. The number of aryl methyl sites for hydroxylation is 1. The lowest BCUT2D eigenvalue weighted by Gasteiger charge is -1.96. The van der Waals surface area contributed by atoms with Crippen LogP contribution < -0.4 is 5.73 Å². The maximum Gasteiger partial charge on any atom is 0.153 e. The van der Waals surface area contributed by atoms with Crippen LogP contribution in [0.3, 0.4) is 0 Å². The number of rotatable bonds is 4. The molecule has 88 valence electrons. The molecule has 7 heteroatoms. The quantitative estimate of drug-likeness (QED) is 0.318. The van der Waals surface area contributed by atoms with Gasteiger partial charge in [-0.25, -0.2) is 4.98 Å². The van der Waals surface area contributed by atoms with Gasteiger partial charge in [0.05, 0.1) is 6.33 Å². The first-order chi connectivity index (χ1) is 6.33. The van der Waals surface area contributed by atoms with Crippen LogP contribution in [-0.4, -0.2) is 27.9 Å². The molecule has 4 nitrogen and oxygen atoms in total. The first-order valence-corrected chi connectivity index (χ1v) is 5.36. The van der Waals surface area contributed by atoms with E-state index in [1.807, 2.05) is 12.5 Å². The molecule has 1 rings (SSSR count). The first kappa shape index (κ1) is 17.9. The fourth-order valence-corrected chi connectivity index (χ4v) is 1.17. The van der Waals surface area contributed by atoms with Crippen molar-refractivity contribution in [2.75, 3.05) is 12.8 Å². The average Bonchev–Trinajstić information content (AvgIpc) is 2.64. The minimum absolute atomic E-state index is 0. The minimum Gasteiger partial charge on any atom is -0.379 e. The van der Waals surface area contributed by atoms with Crippen molar-refractivity contribution in [3.8, 4) is 0 Å². The predicted octanol–water partition coefficient (Wildman–Crippen LogP) is 2.26. The van der Waals surface area contributed by atoms with E-state index in [2.05, 4.69) is 15.0 Å². The van der Waals surface area contributed by atoms with E-state index in [1.165, 1.54) is 11.8 Å². The van der Waals surface area contributed by atoms with Gasteiger partial charge in [-0.2, -0.15) is 0 Å². The summed E-state index contributed by atoms with van der Waals surface area (Å²) in [5, 5.41) is 0.657. The lowest BCUT2D eigenvalue weighted by atomic mass is 10.2. The van der Waals surface area contributed by atoms with Crippen LogP contribution in [0.2, 0.25) is 0 Å². The van der Waals surface area contributed by atoms with E-state index in [1.54, 1.807) is 6.33 Å². The molecule has 0 aliphatic heterocycles. The third-order valence-electron chi connectivity index (χ3n) is 1.64. The Morgan fingerprint density at radius 1 is 1.60 bits per heavy atom. The molecule has 3 N–H and O–H groups in total. The second-order valence-electron chi connectivity index (χ2n) is 2.60. The Balaban J connectivity index is 0. The van der Waals surface area contributed by atoms with E-state index in [-0.39, 0.29) is 48.0 Å². The molecule has 0 aliphatic carbocycles. The normalized spacial score (nSPS) is 10.3. The average molecular weight is 454 g/mol. The van der Waals surface area contributed by atoms with Gasteiger partial charge in [-0.05, 0) is 19.1 Å². The number of aromatic amines is 1. The second kappa shape index (κ2) is 11.0. The van der Waals surface area contributed by atoms with E-state index in [9.17, 15) is 0 Å². The monoisotopic (exact) mass is 454 g/mol. The topological polar surface area (TPSA) is 67.1 Å². The highest BCUT2D eigenvalue weighted by molar-refractivity contribution is 14.0. The van der Waals surface area contributed by atoms with Crippen LogP contribution in [0.4, 0.5) is 0 Å². The van der Waals surface area contributed by atoms with Crippen LogP contribution in [0.15, 0.2) is 17.5 Å². The molecule has 0 atom stereocenters. The van der Waals surface area contributed by atoms with Gasteiger partial charge in [-0.1, -0.05) is 11.8 Å². The number of aliphatic imine (C=N–C) groups is 1. The number of amidine groups is 1. The van der Waals surface area contributed by atoms with Crippen LogP contribution in [0.25, 0.3) is 0 Å². The van der Waals surface area contributed by atoms with Crippen LogP contribution in [0.5, 0.6) is 0 Å². The number of imidazole rings is 1. The number of nitrogens with zero attached hydrogens (tertiary/aromatic N) is 2. The van der Waals surface area contributed by atoms with E-state index >= 15 is 0 Å².